The second-order valence-electron chi connectivity index (χ2n) is 4.06. The van der Waals surface area contributed by atoms with Gasteiger partial charge in [0.1, 0.15) is 0 Å². The third-order valence-corrected chi connectivity index (χ3v) is 2.78. The van der Waals surface area contributed by atoms with E-state index in [1.807, 2.05) is 18.3 Å². The standard InChI is InChI=1S/C12H18N2O/c1-10(12-6-2-3-7-13-12)14-11-5-4-8-15-9-11/h2-3,6-7,10-11,14H,4-5,8-9H2,1H3/t10-,11?/m0/s1. The Morgan fingerprint density at radius 3 is 3.13 bits per heavy atom. The molecule has 0 bridgehead atoms. The fraction of sp³-hybridized carbons (Fsp3) is 0.583. The zero-order valence-electron chi connectivity index (χ0n) is 9.15. The Balaban J connectivity index is 1.88. The maximum atomic E-state index is 5.44. The molecule has 0 spiro atoms. The van der Waals surface area contributed by atoms with E-state index in [1.165, 1.54) is 6.42 Å². The van der Waals surface area contributed by atoms with E-state index in [4.69, 9.17) is 4.74 Å². The molecule has 1 aliphatic heterocycles. The molecule has 0 aromatic carbocycles. The first kappa shape index (κ1) is 10.6. The smallest absolute Gasteiger partial charge is 0.0619 e. The highest BCUT2D eigenvalue weighted by molar-refractivity contribution is 5.07. The quantitative estimate of drug-likeness (QED) is 0.820. The van der Waals surface area contributed by atoms with Crippen molar-refractivity contribution in [2.45, 2.75) is 31.8 Å². The minimum absolute atomic E-state index is 0.304. The molecule has 2 atom stereocenters. The van der Waals surface area contributed by atoms with Crippen LogP contribution < -0.4 is 5.32 Å². The van der Waals surface area contributed by atoms with Crippen LogP contribution in [-0.4, -0.2) is 24.2 Å². The number of nitrogens with one attached hydrogen (secondary N) is 1. The fourth-order valence-corrected chi connectivity index (χ4v) is 1.94. The molecule has 2 rings (SSSR count). The molecule has 2 heterocycles. The number of pyridine rings is 1. The topological polar surface area (TPSA) is 34.1 Å². The zero-order chi connectivity index (χ0) is 10.5. The highest BCUT2D eigenvalue weighted by Gasteiger charge is 2.16. The van der Waals surface area contributed by atoms with Crippen LogP contribution in [0.4, 0.5) is 0 Å². The van der Waals surface area contributed by atoms with Crippen LogP contribution in [0.2, 0.25) is 0 Å². The first-order valence-electron chi connectivity index (χ1n) is 5.61. The van der Waals surface area contributed by atoms with Crippen molar-refractivity contribution in [3.63, 3.8) is 0 Å². The normalized spacial score (nSPS) is 23.7. The van der Waals surface area contributed by atoms with Crippen molar-refractivity contribution in [2.75, 3.05) is 13.2 Å². The number of hydrogen-bond donors (Lipinski definition) is 1. The Morgan fingerprint density at radius 1 is 1.53 bits per heavy atom. The van der Waals surface area contributed by atoms with Gasteiger partial charge >= 0.3 is 0 Å². The van der Waals surface area contributed by atoms with Crippen LogP contribution >= 0.6 is 0 Å². The number of hydrogen-bond acceptors (Lipinski definition) is 3. The Labute approximate surface area is 90.9 Å². The number of nitrogens with zero attached hydrogens (tertiary/aromatic N) is 1. The molecule has 3 heteroatoms. The highest BCUT2D eigenvalue weighted by atomic mass is 16.5. The van der Waals surface area contributed by atoms with E-state index >= 15 is 0 Å². The van der Waals surface area contributed by atoms with Gasteiger partial charge in [-0.3, -0.25) is 4.98 Å². The first-order valence-corrected chi connectivity index (χ1v) is 5.61. The summed E-state index contributed by atoms with van der Waals surface area (Å²) >= 11 is 0. The number of aromatic nitrogens is 1. The number of rotatable bonds is 3. The molecule has 1 fully saturated rings. The van der Waals surface area contributed by atoms with Gasteiger partial charge in [-0.15, -0.1) is 0 Å². The molecular weight excluding hydrogens is 188 g/mol. The average Bonchev–Trinajstić information content (AvgIpc) is 2.31. The van der Waals surface area contributed by atoms with E-state index in [9.17, 15) is 0 Å². The molecule has 1 saturated heterocycles. The van der Waals surface area contributed by atoms with E-state index in [0.717, 1.165) is 25.3 Å². The molecule has 1 aromatic rings. The van der Waals surface area contributed by atoms with Crippen LogP contribution in [0.1, 0.15) is 31.5 Å². The van der Waals surface area contributed by atoms with Gasteiger partial charge in [0.2, 0.25) is 0 Å². The SMILES string of the molecule is C[C@H](NC1CCCOC1)c1ccccn1. The fourth-order valence-electron chi connectivity index (χ4n) is 1.94. The van der Waals surface area contributed by atoms with Gasteiger partial charge in [0, 0.05) is 24.9 Å². The van der Waals surface area contributed by atoms with Gasteiger partial charge in [-0.1, -0.05) is 6.07 Å². The minimum atomic E-state index is 0.304. The molecule has 1 N–H and O–H groups in total. The maximum absolute atomic E-state index is 5.44. The van der Waals surface area contributed by atoms with Crippen molar-refractivity contribution < 1.29 is 4.74 Å². The van der Waals surface area contributed by atoms with E-state index in [2.05, 4.69) is 23.3 Å². The molecule has 0 radical (unpaired) electrons. The summed E-state index contributed by atoms with van der Waals surface area (Å²) in [7, 11) is 0. The van der Waals surface area contributed by atoms with Crippen LogP contribution in [-0.2, 0) is 4.74 Å². The third kappa shape index (κ3) is 3.01. The van der Waals surface area contributed by atoms with E-state index < -0.39 is 0 Å². The Morgan fingerprint density at radius 2 is 2.47 bits per heavy atom. The summed E-state index contributed by atoms with van der Waals surface area (Å²) in [5.41, 5.74) is 1.10. The second kappa shape index (κ2) is 5.24. The molecule has 1 aromatic heterocycles. The van der Waals surface area contributed by atoms with Gasteiger partial charge in [0.25, 0.3) is 0 Å². The van der Waals surface area contributed by atoms with Crippen molar-refractivity contribution in [3.05, 3.63) is 30.1 Å². The minimum Gasteiger partial charge on any atom is -0.380 e. The van der Waals surface area contributed by atoms with Crippen LogP contribution in [0, 0.1) is 0 Å². The highest BCUT2D eigenvalue weighted by Crippen LogP contribution is 2.13. The molecule has 0 amide bonds. The second-order valence-corrected chi connectivity index (χ2v) is 4.06. The third-order valence-electron chi connectivity index (χ3n) is 2.78. The number of ether oxygens (including phenoxy) is 1. The van der Waals surface area contributed by atoms with Crippen molar-refractivity contribution >= 4 is 0 Å². The summed E-state index contributed by atoms with van der Waals surface area (Å²) in [6.07, 6.45) is 4.20. The maximum Gasteiger partial charge on any atom is 0.0619 e. The molecule has 0 aliphatic carbocycles. The van der Waals surface area contributed by atoms with Crippen LogP contribution in [0.15, 0.2) is 24.4 Å². The molecule has 3 nitrogen and oxygen atoms in total. The van der Waals surface area contributed by atoms with Crippen molar-refractivity contribution in [2.24, 2.45) is 0 Å². The monoisotopic (exact) mass is 206 g/mol. The Bertz CT molecular complexity index is 283. The zero-order valence-corrected chi connectivity index (χ0v) is 9.15. The van der Waals surface area contributed by atoms with Crippen LogP contribution in [0.5, 0.6) is 0 Å². The lowest BCUT2D eigenvalue weighted by molar-refractivity contribution is 0.0669. The Hall–Kier alpha value is -0.930. The molecule has 1 unspecified atom stereocenters. The molecule has 15 heavy (non-hydrogen) atoms. The largest absolute Gasteiger partial charge is 0.380 e. The van der Waals surface area contributed by atoms with Crippen molar-refractivity contribution in [3.8, 4) is 0 Å². The lowest BCUT2D eigenvalue weighted by Crippen LogP contribution is -2.38. The van der Waals surface area contributed by atoms with Gasteiger partial charge in [-0.25, -0.2) is 0 Å². The summed E-state index contributed by atoms with van der Waals surface area (Å²) in [5, 5.41) is 3.55. The lowest BCUT2D eigenvalue weighted by atomic mass is 10.1. The molecule has 1 aliphatic rings. The van der Waals surface area contributed by atoms with Gasteiger partial charge in [0.15, 0.2) is 0 Å². The van der Waals surface area contributed by atoms with Gasteiger partial charge < -0.3 is 10.1 Å². The summed E-state index contributed by atoms with van der Waals surface area (Å²) in [4.78, 5) is 4.34. The van der Waals surface area contributed by atoms with E-state index in [0.29, 0.717) is 12.1 Å². The van der Waals surface area contributed by atoms with Crippen LogP contribution in [0.25, 0.3) is 0 Å². The molecule has 82 valence electrons. The molecule has 0 saturated carbocycles. The summed E-state index contributed by atoms with van der Waals surface area (Å²) in [6.45, 7) is 3.89. The summed E-state index contributed by atoms with van der Waals surface area (Å²) in [6, 6.07) is 6.81. The van der Waals surface area contributed by atoms with Gasteiger partial charge in [-0.05, 0) is 31.9 Å². The van der Waals surface area contributed by atoms with Crippen molar-refractivity contribution in [1.82, 2.24) is 10.3 Å². The average molecular weight is 206 g/mol. The van der Waals surface area contributed by atoms with E-state index in [1.54, 1.807) is 0 Å². The van der Waals surface area contributed by atoms with E-state index in [-0.39, 0.29) is 0 Å². The molecular formula is C12H18N2O. The van der Waals surface area contributed by atoms with Gasteiger partial charge in [-0.2, -0.15) is 0 Å². The lowest BCUT2D eigenvalue weighted by Gasteiger charge is -2.26. The first-order chi connectivity index (χ1) is 7.36. The predicted molar refractivity (Wildman–Crippen MR) is 59.6 cm³/mol. The summed E-state index contributed by atoms with van der Waals surface area (Å²) in [5.74, 6) is 0. The van der Waals surface area contributed by atoms with Crippen LogP contribution in [0.3, 0.4) is 0 Å². The van der Waals surface area contributed by atoms with Crippen molar-refractivity contribution in [1.29, 1.82) is 0 Å². The summed E-state index contributed by atoms with van der Waals surface area (Å²) < 4.78 is 5.44. The Kier molecular flexibility index (Phi) is 3.69. The van der Waals surface area contributed by atoms with Gasteiger partial charge in [0.05, 0.1) is 12.3 Å². The predicted octanol–water partition coefficient (Wildman–Crippen LogP) is 1.91.